The zero-order valence-corrected chi connectivity index (χ0v) is 35.7. The molecule has 0 saturated heterocycles. The van der Waals surface area contributed by atoms with Crippen molar-refractivity contribution in [3.05, 3.63) is 144 Å². The van der Waals surface area contributed by atoms with Crippen LogP contribution in [0.5, 0.6) is 0 Å². The Morgan fingerprint density at radius 2 is 0.794 bits per heavy atom. The number of rotatable bonds is 23. The average Bonchev–Trinajstić information content (AvgIpc) is 3.28. The second kappa shape index (κ2) is 25.7. The number of nitrogens with one attached hydrogen (secondary N) is 3. The van der Waals surface area contributed by atoms with Gasteiger partial charge in [0.05, 0.1) is 0 Å². The molecule has 334 valence electrons. The van der Waals surface area contributed by atoms with Crippen LogP contribution in [-0.4, -0.2) is 65.5 Å². The van der Waals surface area contributed by atoms with E-state index in [4.69, 9.17) is 23.7 Å². The summed E-state index contributed by atoms with van der Waals surface area (Å²) in [4.78, 5) is 92.6. The van der Waals surface area contributed by atoms with Crippen LogP contribution in [0.2, 0.25) is 0 Å². The number of benzene rings is 4. The maximum absolute atomic E-state index is 13.9. The van der Waals surface area contributed by atoms with Crippen molar-refractivity contribution in [1.82, 2.24) is 16.0 Å². The van der Waals surface area contributed by atoms with E-state index in [1.54, 1.807) is 124 Å². The van der Waals surface area contributed by atoms with E-state index in [1.165, 1.54) is 0 Å². The molecule has 4 aromatic carbocycles. The first kappa shape index (κ1) is 48.6. The quantitative estimate of drug-likeness (QED) is 0.0567. The van der Waals surface area contributed by atoms with Gasteiger partial charge in [0, 0.05) is 19.3 Å². The number of carbonyl (C=O) groups excluding carboxylic acids is 7. The highest BCUT2D eigenvalue weighted by atomic mass is 16.6. The first-order chi connectivity index (χ1) is 30.2. The molecule has 3 atom stereocenters. The average molecular weight is 866 g/mol. The maximum atomic E-state index is 13.9. The molecule has 0 aliphatic carbocycles. The van der Waals surface area contributed by atoms with E-state index in [9.17, 15) is 33.6 Å². The first-order valence-electron chi connectivity index (χ1n) is 20.6. The van der Waals surface area contributed by atoms with E-state index in [-0.39, 0.29) is 58.5 Å². The van der Waals surface area contributed by atoms with Crippen LogP contribution in [0, 0.1) is 0 Å². The molecule has 0 aliphatic heterocycles. The molecular weight excluding hydrogens is 811 g/mol. The van der Waals surface area contributed by atoms with E-state index < -0.39 is 71.9 Å². The molecule has 0 aromatic heterocycles. The lowest BCUT2D eigenvalue weighted by molar-refractivity contribution is -0.151. The van der Waals surface area contributed by atoms with Crippen LogP contribution in [0.4, 0.5) is 4.79 Å². The number of alkyl carbamates (subject to hydrolysis) is 1. The van der Waals surface area contributed by atoms with E-state index in [1.807, 2.05) is 18.2 Å². The maximum Gasteiger partial charge on any atom is 0.408 e. The third-order valence-corrected chi connectivity index (χ3v) is 9.10. The van der Waals surface area contributed by atoms with Crippen molar-refractivity contribution in [2.45, 2.75) is 109 Å². The van der Waals surface area contributed by atoms with Gasteiger partial charge < -0.3 is 39.6 Å². The summed E-state index contributed by atoms with van der Waals surface area (Å²) in [5.41, 5.74) is 1.96. The van der Waals surface area contributed by atoms with E-state index in [2.05, 4.69) is 16.0 Å². The largest absolute Gasteiger partial charge is 0.461 e. The van der Waals surface area contributed by atoms with Crippen molar-refractivity contribution in [2.24, 2.45) is 0 Å². The van der Waals surface area contributed by atoms with Gasteiger partial charge in [0.1, 0.15) is 50.2 Å². The van der Waals surface area contributed by atoms with Gasteiger partial charge in [0.25, 0.3) is 0 Å². The molecule has 63 heavy (non-hydrogen) atoms. The minimum atomic E-state index is -1.45. The van der Waals surface area contributed by atoms with Crippen molar-refractivity contribution >= 4 is 41.8 Å². The molecule has 15 heteroatoms. The van der Waals surface area contributed by atoms with Crippen molar-refractivity contribution in [3.8, 4) is 0 Å². The number of hydrogen-bond donors (Lipinski definition) is 3. The van der Waals surface area contributed by atoms with Crippen molar-refractivity contribution in [3.63, 3.8) is 0 Å². The van der Waals surface area contributed by atoms with Crippen LogP contribution in [-0.2, 0) is 78.9 Å². The molecular formula is C48H55N3O12. The Labute approximate surface area is 367 Å². The lowest BCUT2D eigenvalue weighted by Crippen LogP contribution is -2.53. The second-order valence-corrected chi connectivity index (χ2v) is 15.5. The summed E-state index contributed by atoms with van der Waals surface area (Å²) < 4.78 is 27.1. The Morgan fingerprint density at radius 3 is 1.17 bits per heavy atom. The molecule has 4 aromatic rings. The Balaban J connectivity index is 1.44. The summed E-state index contributed by atoms with van der Waals surface area (Å²) in [6, 6.07) is 31.7. The smallest absolute Gasteiger partial charge is 0.408 e. The van der Waals surface area contributed by atoms with Crippen LogP contribution in [0.15, 0.2) is 121 Å². The molecule has 0 radical (unpaired) electrons. The van der Waals surface area contributed by atoms with Crippen molar-refractivity contribution in [2.75, 3.05) is 0 Å². The Kier molecular flexibility index (Phi) is 19.8. The van der Waals surface area contributed by atoms with Crippen LogP contribution in [0.3, 0.4) is 0 Å². The SMILES string of the molecule is CC(C)(C)OC(=O)NC(CCC(=O)NC(CCC(=O)OCc1ccccc1)C(=O)OCc1ccccc1)C(=O)NC(CCC(=O)OCc1ccccc1)C(=O)OCc1ccccc1. The number of ether oxygens (including phenoxy) is 5. The van der Waals surface area contributed by atoms with E-state index in [0.717, 1.165) is 11.1 Å². The third-order valence-electron chi connectivity index (χ3n) is 9.10. The van der Waals surface area contributed by atoms with E-state index in [0.29, 0.717) is 11.1 Å². The zero-order chi connectivity index (χ0) is 45.5. The van der Waals surface area contributed by atoms with Crippen molar-refractivity contribution in [1.29, 1.82) is 0 Å². The lowest BCUT2D eigenvalue weighted by atomic mass is 10.1. The summed E-state index contributed by atoms with van der Waals surface area (Å²) in [6.45, 7) is 4.68. The topological polar surface area (TPSA) is 202 Å². The first-order valence-corrected chi connectivity index (χ1v) is 20.6. The molecule has 0 spiro atoms. The van der Waals surface area contributed by atoms with Gasteiger partial charge in [-0.15, -0.1) is 0 Å². The van der Waals surface area contributed by atoms with Crippen molar-refractivity contribution < 1.29 is 57.2 Å². The van der Waals surface area contributed by atoms with Gasteiger partial charge in [-0.1, -0.05) is 121 Å². The normalized spacial score (nSPS) is 12.3. The number of esters is 4. The number of carbonyl (C=O) groups is 7. The molecule has 0 saturated carbocycles. The highest BCUT2D eigenvalue weighted by Crippen LogP contribution is 2.13. The summed E-state index contributed by atoms with van der Waals surface area (Å²) in [5.74, 6) is -4.48. The van der Waals surface area contributed by atoms with Gasteiger partial charge >= 0.3 is 30.0 Å². The summed E-state index contributed by atoms with van der Waals surface area (Å²) in [6.07, 6.45) is -2.60. The van der Waals surface area contributed by atoms with Gasteiger partial charge in [-0.25, -0.2) is 14.4 Å². The molecule has 3 amide bonds. The van der Waals surface area contributed by atoms with Gasteiger partial charge in [0.15, 0.2) is 0 Å². The number of amides is 3. The van der Waals surface area contributed by atoms with Crippen LogP contribution >= 0.6 is 0 Å². The van der Waals surface area contributed by atoms with Crippen LogP contribution < -0.4 is 16.0 Å². The van der Waals surface area contributed by atoms with Crippen LogP contribution in [0.1, 0.15) is 81.5 Å². The lowest BCUT2D eigenvalue weighted by Gasteiger charge is -2.25. The van der Waals surface area contributed by atoms with E-state index >= 15 is 0 Å². The molecule has 3 unspecified atom stereocenters. The predicted octanol–water partition coefficient (Wildman–Crippen LogP) is 6.16. The fourth-order valence-corrected chi connectivity index (χ4v) is 5.83. The third kappa shape index (κ3) is 19.5. The minimum Gasteiger partial charge on any atom is -0.461 e. The molecule has 0 heterocycles. The summed E-state index contributed by atoms with van der Waals surface area (Å²) in [5, 5.41) is 7.63. The fraction of sp³-hybridized carbons (Fsp3) is 0.354. The highest BCUT2D eigenvalue weighted by Gasteiger charge is 2.31. The second-order valence-electron chi connectivity index (χ2n) is 15.5. The monoisotopic (exact) mass is 865 g/mol. The predicted molar refractivity (Wildman–Crippen MR) is 230 cm³/mol. The summed E-state index contributed by atoms with van der Waals surface area (Å²) >= 11 is 0. The Bertz CT molecular complexity index is 2080. The van der Waals surface area contributed by atoms with Gasteiger partial charge in [-0.3, -0.25) is 19.2 Å². The molecule has 4 rings (SSSR count). The molecule has 0 fully saturated rings. The van der Waals surface area contributed by atoms with Crippen LogP contribution in [0.25, 0.3) is 0 Å². The molecule has 0 bridgehead atoms. The molecule has 0 aliphatic rings. The summed E-state index contributed by atoms with van der Waals surface area (Å²) in [7, 11) is 0. The van der Waals surface area contributed by atoms with Gasteiger partial charge in [0.2, 0.25) is 11.8 Å². The van der Waals surface area contributed by atoms with Gasteiger partial charge in [-0.05, 0) is 62.3 Å². The minimum absolute atomic E-state index is 0.00302. The fourth-order valence-electron chi connectivity index (χ4n) is 5.83. The Hall–Kier alpha value is -7.03. The molecule has 3 N–H and O–H groups in total. The highest BCUT2D eigenvalue weighted by molar-refractivity contribution is 5.91. The number of hydrogen-bond acceptors (Lipinski definition) is 12. The van der Waals surface area contributed by atoms with Gasteiger partial charge in [-0.2, -0.15) is 0 Å². The molecule has 15 nitrogen and oxygen atoms in total. The Morgan fingerprint density at radius 1 is 0.444 bits per heavy atom. The zero-order valence-electron chi connectivity index (χ0n) is 35.7. The standard InChI is InChI=1S/C48H55N3O12/c1-48(2,3)63-47(58)51-38(44(55)50-40(46(57)62-33-37-22-14-7-15-23-37)26-29-43(54)60-31-35-18-10-5-11-19-35)24-27-41(52)49-39(45(56)61-32-36-20-12-6-13-21-36)25-28-42(53)59-30-34-16-8-4-9-17-34/h4-23,38-40H,24-33H2,1-3H3,(H,49,52)(H,50,55)(H,51,58).